The van der Waals surface area contributed by atoms with E-state index in [0.29, 0.717) is 27.7 Å². The summed E-state index contributed by atoms with van der Waals surface area (Å²) in [7, 11) is 1.66. The summed E-state index contributed by atoms with van der Waals surface area (Å²) >= 11 is 6.17. The lowest BCUT2D eigenvalue weighted by molar-refractivity contribution is 0.0788. The summed E-state index contributed by atoms with van der Waals surface area (Å²) in [6.07, 6.45) is 1.53. The number of rotatable bonds is 1. The van der Waals surface area contributed by atoms with Gasteiger partial charge < -0.3 is 15.8 Å². The van der Waals surface area contributed by atoms with E-state index in [1.165, 1.54) is 11.2 Å². The molecule has 1 aliphatic rings. The van der Waals surface area contributed by atoms with Crippen molar-refractivity contribution in [2.45, 2.75) is 6.54 Å². The van der Waals surface area contributed by atoms with Gasteiger partial charge in [0.1, 0.15) is 12.0 Å². The lowest BCUT2D eigenvalue weighted by atomic mass is 10.1. The Kier molecular flexibility index (Phi) is 3.06. The van der Waals surface area contributed by atoms with Gasteiger partial charge in [-0.2, -0.15) is 0 Å². The summed E-state index contributed by atoms with van der Waals surface area (Å²) in [5, 5.41) is 12.2. The Balaban J connectivity index is 2.32. The fourth-order valence-electron chi connectivity index (χ4n) is 2.41. The fourth-order valence-corrected chi connectivity index (χ4v) is 2.66. The first-order chi connectivity index (χ1) is 10.0. The van der Waals surface area contributed by atoms with Crippen LogP contribution in [0.4, 0.5) is 0 Å². The van der Waals surface area contributed by atoms with Gasteiger partial charge in [0, 0.05) is 7.05 Å². The smallest absolute Gasteiger partial charge is 0.257 e. The van der Waals surface area contributed by atoms with E-state index in [-0.39, 0.29) is 18.3 Å². The maximum atomic E-state index is 12.5. The molecule has 0 radical (unpaired) electrons. The molecule has 0 unspecified atom stereocenters. The molecule has 3 rings (SSSR count). The normalized spacial score (nSPS) is 14.7. The summed E-state index contributed by atoms with van der Waals surface area (Å²) < 4.78 is 1.73. The summed E-state index contributed by atoms with van der Waals surface area (Å²) in [6, 6.07) is 5.20. The van der Waals surface area contributed by atoms with Gasteiger partial charge in [-0.05, 0) is 12.1 Å². The highest BCUT2D eigenvalue weighted by atomic mass is 35.5. The second-order valence-electron chi connectivity index (χ2n) is 4.69. The lowest BCUT2D eigenvalue weighted by Crippen LogP contribution is -2.26. The van der Waals surface area contributed by atoms with Crippen LogP contribution >= 0.6 is 11.6 Å². The second kappa shape index (κ2) is 4.78. The van der Waals surface area contributed by atoms with E-state index < -0.39 is 0 Å². The Morgan fingerprint density at radius 2 is 2.29 bits per heavy atom. The highest BCUT2D eigenvalue weighted by Gasteiger charge is 2.28. The first-order valence-electron chi connectivity index (χ1n) is 6.13. The van der Waals surface area contributed by atoms with Gasteiger partial charge in [0.25, 0.3) is 5.91 Å². The standard InChI is InChI=1S/C13H12ClN5O2/c1-18-5-9-11(12(15)17-21)16-6-19(9)8-4-2-3-7(14)10(8)13(18)20/h2-4,6,21H,5H2,1H3,(H2,15,17). The van der Waals surface area contributed by atoms with Crippen molar-refractivity contribution in [3.05, 3.63) is 46.5 Å². The molecule has 8 heteroatoms. The van der Waals surface area contributed by atoms with Gasteiger partial charge in [0.05, 0.1) is 28.5 Å². The highest BCUT2D eigenvalue weighted by molar-refractivity contribution is 6.34. The van der Waals surface area contributed by atoms with Crippen LogP contribution in [0.5, 0.6) is 0 Å². The molecule has 0 saturated heterocycles. The molecule has 0 saturated carbocycles. The number of amides is 1. The zero-order valence-corrected chi connectivity index (χ0v) is 11.9. The molecule has 0 bridgehead atoms. The average molecular weight is 306 g/mol. The van der Waals surface area contributed by atoms with E-state index in [9.17, 15) is 4.79 Å². The number of amidine groups is 1. The van der Waals surface area contributed by atoms with Gasteiger partial charge in [-0.3, -0.25) is 9.36 Å². The van der Waals surface area contributed by atoms with Crippen LogP contribution in [-0.2, 0) is 6.54 Å². The zero-order valence-electron chi connectivity index (χ0n) is 11.1. The van der Waals surface area contributed by atoms with E-state index >= 15 is 0 Å². The molecule has 0 spiro atoms. The highest BCUT2D eigenvalue weighted by Crippen LogP contribution is 2.30. The number of halogens is 1. The van der Waals surface area contributed by atoms with Gasteiger partial charge in [-0.15, -0.1) is 0 Å². The Morgan fingerprint density at radius 3 is 3.00 bits per heavy atom. The van der Waals surface area contributed by atoms with Gasteiger partial charge >= 0.3 is 0 Å². The van der Waals surface area contributed by atoms with Crippen molar-refractivity contribution in [1.29, 1.82) is 0 Å². The Bertz CT molecular complexity index is 768. The third-order valence-electron chi connectivity index (χ3n) is 3.42. The number of hydrogen-bond acceptors (Lipinski definition) is 4. The molecule has 108 valence electrons. The van der Waals surface area contributed by atoms with Crippen LogP contribution in [0.2, 0.25) is 5.02 Å². The summed E-state index contributed by atoms with van der Waals surface area (Å²) in [5.74, 6) is -0.292. The van der Waals surface area contributed by atoms with E-state index in [0.717, 1.165) is 0 Å². The Hall–Kier alpha value is -2.54. The molecule has 0 fully saturated rings. The Morgan fingerprint density at radius 1 is 1.52 bits per heavy atom. The minimum Gasteiger partial charge on any atom is -0.409 e. The second-order valence-corrected chi connectivity index (χ2v) is 5.10. The van der Waals surface area contributed by atoms with Gasteiger partial charge in [-0.1, -0.05) is 22.8 Å². The first-order valence-corrected chi connectivity index (χ1v) is 6.51. The molecule has 1 aromatic heterocycles. The fraction of sp³-hybridized carbons (Fsp3) is 0.154. The van der Waals surface area contributed by atoms with Crippen molar-refractivity contribution in [2.24, 2.45) is 10.9 Å². The molecular formula is C13H12ClN5O2. The van der Waals surface area contributed by atoms with Crippen LogP contribution in [0.3, 0.4) is 0 Å². The number of oxime groups is 1. The van der Waals surface area contributed by atoms with Crippen molar-refractivity contribution in [2.75, 3.05) is 7.05 Å². The number of fused-ring (bicyclic) bond motifs is 3. The molecule has 2 heterocycles. The summed E-state index contributed by atoms with van der Waals surface area (Å²) in [4.78, 5) is 18.1. The van der Waals surface area contributed by atoms with Crippen LogP contribution in [0.25, 0.3) is 5.69 Å². The number of imidazole rings is 1. The van der Waals surface area contributed by atoms with E-state index in [1.807, 2.05) is 0 Å². The first kappa shape index (κ1) is 13.4. The number of carbonyl (C=O) groups is 1. The van der Waals surface area contributed by atoms with Gasteiger partial charge in [-0.25, -0.2) is 4.98 Å². The molecule has 1 aliphatic heterocycles. The summed E-state index contributed by atoms with van der Waals surface area (Å²) in [6.45, 7) is 0.273. The molecule has 2 aromatic rings. The van der Waals surface area contributed by atoms with Crippen molar-refractivity contribution >= 4 is 23.3 Å². The van der Waals surface area contributed by atoms with Gasteiger partial charge in [0.15, 0.2) is 5.84 Å². The van der Waals surface area contributed by atoms with Crippen LogP contribution in [-0.4, -0.2) is 38.4 Å². The molecule has 0 aliphatic carbocycles. The quantitative estimate of drug-likeness (QED) is 0.358. The van der Waals surface area contributed by atoms with Crippen molar-refractivity contribution < 1.29 is 10.0 Å². The predicted octanol–water partition coefficient (Wildman–Crippen LogP) is 1.21. The molecule has 21 heavy (non-hydrogen) atoms. The Labute approximate surface area is 125 Å². The molecular weight excluding hydrogens is 294 g/mol. The molecule has 1 amide bonds. The average Bonchev–Trinajstić information content (AvgIpc) is 2.84. The van der Waals surface area contributed by atoms with E-state index in [1.54, 1.807) is 29.8 Å². The van der Waals surface area contributed by atoms with Crippen molar-refractivity contribution in [1.82, 2.24) is 14.5 Å². The maximum absolute atomic E-state index is 12.5. The largest absolute Gasteiger partial charge is 0.409 e. The SMILES string of the molecule is CN1Cc2c(C(N)=NO)ncn2-c2cccc(Cl)c2C1=O. The third-order valence-corrected chi connectivity index (χ3v) is 3.73. The van der Waals surface area contributed by atoms with E-state index in [2.05, 4.69) is 10.1 Å². The lowest BCUT2D eigenvalue weighted by Gasteiger charge is -2.15. The minimum atomic E-state index is -0.190. The maximum Gasteiger partial charge on any atom is 0.257 e. The van der Waals surface area contributed by atoms with Crippen LogP contribution in [0.1, 0.15) is 21.7 Å². The monoisotopic (exact) mass is 305 g/mol. The van der Waals surface area contributed by atoms with Crippen molar-refractivity contribution in [3.8, 4) is 5.69 Å². The number of aromatic nitrogens is 2. The summed E-state index contributed by atoms with van der Waals surface area (Å²) in [5.41, 5.74) is 7.66. The topological polar surface area (TPSA) is 96.7 Å². The van der Waals surface area contributed by atoms with Gasteiger partial charge in [0.2, 0.25) is 0 Å². The number of nitrogens with two attached hydrogens (primary N) is 1. The predicted molar refractivity (Wildman–Crippen MR) is 76.9 cm³/mol. The third kappa shape index (κ3) is 1.93. The number of carbonyl (C=O) groups excluding carboxylic acids is 1. The molecule has 7 nitrogen and oxygen atoms in total. The molecule has 0 atom stereocenters. The van der Waals surface area contributed by atoms with Crippen LogP contribution in [0, 0.1) is 0 Å². The number of benzene rings is 1. The van der Waals surface area contributed by atoms with E-state index in [4.69, 9.17) is 22.5 Å². The van der Waals surface area contributed by atoms with Crippen LogP contribution < -0.4 is 5.73 Å². The zero-order chi connectivity index (χ0) is 15.1. The van der Waals surface area contributed by atoms with Crippen LogP contribution in [0.15, 0.2) is 29.7 Å². The number of hydrogen-bond donors (Lipinski definition) is 2. The van der Waals surface area contributed by atoms with Crippen molar-refractivity contribution in [3.63, 3.8) is 0 Å². The number of nitrogens with zero attached hydrogens (tertiary/aromatic N) is 4. The minimum absolute atomic E-state index is 0.102. The molecule has 1 aromatic carbocycles. The molecule has 3 N–H and O–H groups in total.